The molecule has 0 radical (unpaired) electrons. The van der Waals surface area contributed by atoms with Crippen molar-refractivity contribution < 1.29 is 13.3 Å². The average Bonchev–Trinajstić information content (AvgIpc) is 2.48. The molecule has 0 amide bonds. The summed E-state index contributed by atoms with van der Waals surface area (Å²) in [5.74, 6) is 0. The molecule has 0 aliphatic carbocycles. The number of hydrogen-bond donors (Lipinski definition) is 0. The van der Waals surface area contributed by atoms with Crippen LogP contribution >= 0.6 is 0 Å². The molecule has 0 bridgehead atoms. The van der Waals surface area contributed by atoms with Crippen LogP contribution in [0.25, 0.3) is 0 Å². The summed E-state index contributed by atoms with van der Waals surface area (Å²) in [4.78, 5) is 2.09. The van der Waals surface area contributed by atoms with Crippen molar-refractivity contribution in [3.63, 3.8) is 0 Å². The Morgan fingerprint density at radius 2 is 1.81 bits per heavy atom. The van der Waals surface area contributed by atoms with E-state index >= 15 is 0 Å². The molecule has 120 valence electrons. The van der Waals surface area contributed by atoms with Crippen molar-refractivity contribution in [1.82, 2.24) is 4.90 Å². The molecular formula is C16H29NO3Si. The second kappa shape index (κ2) is 9.95. The maximum atomic E-state index is 5.88. The number of nitrogens with zero attached hydrogens (tertiary/aromatic N) is 1. The first-order valence-electron chi connectivity index (χ1n) is 7.86. The Morgan fingerprint density at radius 1 is 1.19 bits per heavy atom. The van der Waals surface area contributed by atoms with Gasteiger partial charge >= 0.3 is 8.80 Å². The summed E-state index contributed by atoms with van der Waals surface area (Å²) in [5, 5.41) is 0. The highest BCUT2D eigenvalue weighted by atomic mass is 28.4. The van der Waals surface area contributed by atoms with Crippen molar-refractivity contribution in [2.75, 3.05) is 26.4 Å². The van der Waals surface area contributed by atoms with Gasteiger partial charge in [0.15, 0.2) is 0 Å². The van der Waals surface area contributed by atoms with Crippen LogP contribution in [0.4, 0.5) is 0 Å². The lowest BCUT2D eigenvalue weighted by molar-refractivity contribution is 0.0708. The summed E-state index contributed by atoms with van der Waals surface area (Å²) in [6.45, 7) is 12.6. The van der Waals surface area contributed by atoms with Crippen molar-refractivity contribution in [2.45, 2.75) is 39.7 Å². The van der Waals surface area contributed by atoms with E-state index in [1.165, 1.54) is 5.57 Å². The van der Waals surface area contributed by atoms with Crippen molar-refractivity contribution in [3.8, 4) is 0 Å². The van der Waals surface area contributed by atoms with Gasteiger partial charge in [-0.05, 0) is 45.9 Å². The fourth-order valence-electron chi connectivity index (χ4n) is 2.45. The maximum Gasteiger partial charge on any atom is 0.500 e. The average molecular weight is 311 g/mol. The monoisotopic (exact) mass is 311 g/mol. The van der Waals surface area contributed by atoms with Crippen molar-refractivity contribution in [2.24, 2.45) is 0 Å². The van der Waals surface area contributed by atoms with Crippen molar-refractivity contribution >= 4 is 8.80 Å². The lowest BCUT2D eigenvalue weighted by atomic mass is 10.1. The quantitative estimate of drug-likeness (QED) is 0.544. The zero-order valence-corrected chi connectivity index (χ0v) is 14.6. The van der Waals surface area contributed by atoms with Crippen LogP contribution in [0.1, 0.15) is 33.6 Å². The fraction of sp³-hybridized carbons (Fsp3) is 0.625. The molecule has 0 saturated heterocycles. The Kier molecular flexibility index (Phi) is 8.60. The minimum Gasteiger partial charge on any atom is -0.374 e. The van der Waals surface area contributed by atoms with Gasteiger partial charge in [-0.3, -0.25) is 0 Å². The van der Waals surface area contributed by atoms with E-state index in [1.807, 2.05) is 33.2 Å². The van der Waals surface area contributed by atoms with Gasteiger partial charge in [-0.15, -0.1) is 0 Å². The Balaban J connectivity index is 2.50. The first-order valence-corrected chi connectivity index (χ1v) is 9.79. The van der Waals surface area contributed by atoms with E-state index in [4.69, 9.17) is 13.3 Å². The lowest BCUT2D eigenvalue weighted by Gasteiger charge is -2.29. The lowest BCUT2D eigenvalue weighted by Crippen LogP contribution is -2.45. The van der Waals surface area contributed by atoms with Gasteiger partial charge in [-0.1, -0.05) is 18.2 Å². The van der Waals surface area contributed by atoms with E-state index in [0.29, 0.717) is 19.8 Å². The SMILES string of the molecule is C=CN1C=CC=C(CCC[Si](OCC)(OCC)OCC)C1. The zero-order chi connectivity index (χ0) is 15.6. The van der Waals surface area contributed by atoms with Gasteiger partial charge in [0.1, 0.15) is 0 Å². The molecule has 0 saturated carbocycles. The van der Waals surface area contributed by atoms with E-state index < -0.39 is 8.80 Å². The Labute approximate surface area is 130 Å². The van der Waals surface area contributed by atoms with Gasteiger partial charge in [0.2, 0.25) is 0 Å². The highest BCUT2D eigenvalue weighted by Gasteiger charge is 2.39. The minimum absolute atomic E-state index is 0.641. The molecule has 5 heteroatoms. The van der Waals surface area contributed by atoms with Crippen LogP contribution in [-0.4, -0.2) is 40.1 Å². The van der Waals surface area contributed by atoms with Crippen LogP contribution in [0.5, 0.6) is 0 Å². The van der Waals surface area contributed by atoms with Gasteiger partial charge in [0.05, 0.1) is 0 Å². The third-order valence-electron chi connectivity index (χ3n) is 3.30. The molecule has 0 aromatic heterocycles. The van der Waals surface area contributed by atoms with Gasteiger partial charge in [-0.2, -0.15) is 0 Å². The molecule has 0 aromatic rings. The first-order chi connectivity index (χ1) is 10.2. The van der Waals surface area contributed by atoms with Crippen molar-refractivity contribution in [3.05, 3.63) is 36.7 Å². The molecule has 0 spiro atoms. The van der Waals surface area contributed by atoms with Crippen LogP contribution in [0.15, 0.2) is 36.7 Å². The molecule has 1 heterocycles. The fourth-order valence-corrected chi connectivity index (χ4v) is 5.06. The van der Waals surface area contributed by atoms with E-state index in [-0.39, 0.29) is 0 Å². The van der Waals surface area contributed by atoms with E-state index in [0.717, 1.165) is 25.4 Å². The molecule has 4 nitrogen and oxygen atoms in total. The van der Waals surface area contributed by atoms with Crippen molar-refractivity contribution in [1.29, 1.82) is 0 Å². The molecular weight excluding hydrogens is 282 g/mol. The summed E-state index contributed by atoms with van der Waals surface area (Å²) in [6.07, 6.45) is 10.2. The molecule has 0 N–H and O–H groups in total. The third-order valence-corrected chi connectivity index (χ3v) is 6.45. The van der Waals surface area contributed by atoms with Crippen LogP contribution in [-0.2, 0) is 13.3 Å². The standard InChI is InChI=1S/C16H29NO3Si/c1-5-17-13-9-11-16(15-17)12-10-14-21(18-6-2,19-7-3)20-8-4/h5,9,11,13H,1,6-8,10,12,14-15H2,2-4H3. The molecule has 1 aliphatic rings. The van der Waals surface area contributed by atoms with Gasteiger partial charge in [0.25, 0.3) is 0 Å². The van der Waals surface area contributed by atoms with Crippen LogP contribution in [0.2, 0.25) is 6.04 Å². The molecule has 0 aromatic carbocycles. The Bertz CT molecular complexity index is 352. The number of allylic oxidation sites excluding steroid dienone is 2. The molecule has 1 aliphatic heterocycles. The minimum atomic E-state index is -2.48. The number of rotatable bonds is 11. The Hall–Kier alpha value is -0.883. The van der Waals surface area contributed by atoms with Crippen LogP contribution in [0, 0.1) is 0 Å². The van der Waals surface area contributed by atoms with Crippen LogP contribution in [0.3, 0.4) is 0 Å². The predicted molar refractivity (Wildman–Crippen MR) is 88.8 cm³/mol. The molecule has 0 unspecified atom stereocenters. The second-order valence-electron chi connectivity index (χ2n) is 4.86. The van der Waals surface area contributed by atoms with E-state index in [2.05, 4.69) is 23.6 Å². The molecule has 1 rings (SSSR count). The largest absolute Gasteiger partial charge is 0.500 e. The maximum absolute atomic E-state index is 5.88. The highest BCUT2D eigenvalue weighted by molar-refractivity contribution is 6.60. The predicted octanol–water partition coefficient (Wildman–Crippen LogP) is 3.71. The summed E-state index contributed by atoms with van der Waals surface area (Å²) in [7, 11) is -2.48. The number of hydrogen-bond acceptors (Lipinski definition) is 4. The topological polar surface area (TPSA) is 30.9 Å². The Morgan fingerprint density at radius 3 is 2.33 bits per heavy atom. The molecule has 21 heavy (non-hydrogen) atoms. The van der Waals surface area contributed by atoms with Gasteiger partial charge < -0.3 is 18.2 Å². The van der Waals surface area contributed by atoms with E-state index in [1.54, 1.807) is 0 Å². The highest BCUT2D eigenvalue weighted by Crippen LogP contribution is 2.22. The van der Waals surface area contributed by atoms with Gasteiger partial charge in [-0.25, -0.2) is 0 Å². The van der Waals surface area contributed by atoms with Gasteiger partial charge in [0, 0.05) is 38.6 Å². The third kappa shape index (κ3) is 6.18. The second-order valence-corrected chi connectivity index (χ2v) is 7.59. The summed E-state index contributed by atoms with van der Waals surface area (Å²) < 4.78 is 17.6. The smallest absolute Gasteiger partial charge is 0.374 e. The molecule has 0 fully saturated rings. The summed E-state index contributed by atoms with van der Waals surface area (Å²) >= 11 is 0. The summed E-state index contributed by atoms with van der Waals surface area (Å²) in [5.41, 5.74) is 1.41. The molecule has 0 atom stereocenters. The zero-order valence-electron chi connectivity index (χ0n) is 13.6. The normalized spacial score (nSPS) is 15.2. The van der Waals surface area contributed by atoms with Crippen LogP contribution < -0.4 is 0 Å². The summed E-state index contributed by atoms with van der Waals surface area (Å²) in [6, 6.07) is 0.873. The first kappa shape index (κ1) is 18.2. The van der Waals surface area contributed by atoms with E-state index in [9.17, 15) is 0 Å².